The summed E-state index contributed by atoms with van der Waals surface area (Å²) in [5.41, 5.74) is 1.31. The summed E-state index contributed by atoms with van der Waals surface area (Å²) in [4.78, 5) is 17.1. The number of carbonyl (C=O) groups excluding carboxylic acids is 1. The third kappa shape index (κ3) is 20.7. The number of ether oxygens (including phenoxy) is 2. The number of carbonyl (C=O) groups is 1. The molecule has 282 valence electrons. The molecule has 2 aromatic rings. The van der Waals surface area contributed by atoms with Crippen molar-refractivity contribution in [3.63, 3.8) is 0 Å². The van der Waals surface area contributed by atoms with Gasteiger partial charge in [0.2, 0.25) is 5.91 Å². The van der Waals surface area contributed by atoms with E-state index in [2.05, 4.69) is 17.2 Å². The fraction of sp³-hybridized carbons (Fsp3) is 0.632. The molecule has 50 heavy (non-hydrogen) atoms. The number of halogens is 3. The Morgan fingerprint density at radius 1 is 0.820 bits per heavy atom. The molecule has 0 aliphatic carbocycles. The summed E-state index contributed by atoms with van der Waals surface area (Å²) >= 11 is 0. The topological polar surface area (TPSA) is 96.0 Å². The van der Waals surface area contributed by atoms with Gasteiger partial charge in [-0.1, -0.05) is 102 Å². The number of hydrogen-bond acceptors (Lipinski definition) is 7. The van der Waals surface area contributed by atoms with Crippen molar-refractivity contribution in [1.82, 2.24) is 10.3 Å². The Hall–Kier alpha value is -2.88. The van der Waals surface area contributed by atoms with E-state index < -0.39 is 26.4 Å². The number of unbranched alkanes of at least 4 members (excludes halogenated alkanes) is 12. The molecular weight excluding hydrogens is 668 g/mol. The van der Waals surface area contributed by atoms with Crippen LogP contribution < -0.4 is 14.8 Å². The maximum Gasteiger partial charge on any atom is 0.422 e. The predicted molar refractivity (Wildman–Crippen MR) is 193 cm³/mol. The molecule has 1 aromatic heterocycles. The van der Waals surface area contributed by atoms with Gasteiger partial charge in [0, 0.05) is 24.5 Å². The monoisotopic (exact) mass is 726 g/mol. The third-order valence-corrected chi connectivity index (χ3v) is 9.70. The summed E-state index contributed by atoms with van der Waals surface area (Å²) in [5.74, 6) is 1.94. The standard InChI is InChI=1S/C38H58F3N2O6P/c1-4-7-8-9-10-11-12-13-14-15-16-17-18-19-37(44)43-33(25-27-50(45,48-5-2)49-6-3)28-32-20-22-35(23-21-32)46-30-34-29-36(24-26-42-34)47-31-38(39,40)41/h20-27,29,33H,4-19,28,30-31H2,1-3H3,(H,43,44)/b27-25+/t33-/m0/s1. The molecule has 0 spiro atoms. The highest BCUT2D eigenvalue weighted by atomic mass is 31.2. The summed E-state index contributed by atoms with van der Waals surface area (Å²) in [6.45, 7) is 4.82. The normalized spacial score (nSPS) is 12.7. The molecule has 8 nitrogen and oxygen atoms in total. The van der Waals surface area contributed by atoms with Gasteiger partial charge in [-0.3, -0.25) is 14.3 Å². The maximum absolute atomic E-state index is 13.1. The number of alkyl halides is 3. The average Bonchev–Trinajstić information content (AvgIpc) is 3.08. The van der Waals surface area contributed by atoms with E-state index >= 15 is 0 Å². The molecule has 1 aromatic carbocycles. The van der Waals surface area contributed by atoms with Gasteiger partial charge < -0.3 is 23.8 Å². The van der Waals surface area contributed by atoms with Crippen LogP contribution in [0.4, 0.5) is 13.2 Å². The van der Waals surface area contributed by atoms with Crippen molar-refractivity contribution in [3.8, 4) is 11.5 Å². The lowest BCUT2D eigenvalue weighted by atomic mass is 10.0. The molecule has 0 saturated carbocycles. The van der Waals surface area contributed by atoms with Crippen molar-refractivity contribution >= 4 is 13.5 Å². The van der Waals surface area contributed by atoms with Crippen LogP contribution in [-0.2, 0) is 31.4 Å². The average molecular weight is 727 g/mol. The molecule has 0 fully saturated rings. The molecule has 0 unspecified atom stereocenters. The van der Waals surface area contributed by atoms with E-state index in [0.29, 0.717) is 24.3 Å². The van der Waals surface area contributed by atoms with Crippen molar-refractivity contribution in [2.45, 2.75) is 136 Å². The number of nitrogens with one attached hydrogen (secondary N) is 1. The fourth-order valence-corrected chi connectivity index (χ4v) is 6.75. The van der Waals surface area contributed by atoms with Crippen LogP contribution in [-0.4, -0.2) is 42.9 Å². The van der Waals surface area contributed by atoms with E-state index in [4.69, 9.17) is 18.5 Å². The molecule has 0 saturated heterocycles. The zero-order valence-electron chi connectivity index (χ0n) is 30.2. The lowest BCUT2D eigenvalue weighted by Gasteiger charge is -2.18. The maximum atomic E-state index is 13.1. The minimum absolute atomic E-state index is 0.0350. The molecule has 0 aliphatic rings. The van der Waals surface area contributed by atoms with Crippen LogP contribution in [0.2, 0.25) is 0 Å². The van der Waals surface area contributed by atoms with Crippen LogP contribution >= 0.6 is 7.60 Å². The van der Waals surface area contributed by atoms with Crippen molar-refractivity contribution in [1.29, 1.82) is 0 Å². The molecule has 1 atom stereocenters. The lowest BCUT2D eigenvalue weighted by molar-refractivity contribution is -0.153. The second kappa shape index (κ2) is 25.1. The van der Waals surface area contributed by atoms with Crippen molar-refractivity contribution < 1.29 is 41.1 Å². The van der Waals surface area contributed by atoms with E-state index in [9.17, 15) is 22.5 Å². The quantitative estimate of drug-likeness (QED) is 0.0689. The van der Waals surface area contributed by atoms with E-state index in [-0.39, 0.29) is 31.5 Å². The number of amides is 1. The molecule has 1 heterocycles. The molecule has 2 rings (SSSR count). The Labute approximate surface area is 297 Å². The summed E-state index contributed by atoms with van der Waals surface area (Å²) < 4.78 is 71.9. The molecule has 0 bridgehead atoms. The minimum atomic E-state index is -4.43. The molecular formula is C38H58F3N2O6P. The SMILES string of the molecule is CCCCCCCCCCCCCCCC(=O)N[C@@H](/C=C/P(=O)(OCC)OCC)Cc1ccc(OCc2cc(OCC(F)(F)F)ccn2)cc1. The zero-order chi connectivity index (χ0) is 36.5. The number of rotatable bonds is 28. The zero-order valence-corrected chi connectivity index (χ0v) is 31.1. The molecule has 1 N–H and O–H groups in total. The largest absolute Gasteiger partial charge is 0.487 e. The van der Waals surface area contributed by atoms with Crippen LogP contribution in [0.3, 0.4) is 0 Å². The summed E-state index contributed by atoms with van der Waals surface area (Å²) in [6, 6.07) is 9.55. The first kappa shape index (κ1) is 43.3. The fourth-order valence-electron chi connectivity index (χ4n) is 5.36. The highest BCUT2D eigenvalue weighted by Gasteiger charge is 2.28. The van der Waals surface area contributed by atoms with Gasteiger partial charge in [0.05, 0.1) is 24.9 Å². The molecule has 12 heteroatoms. The molecule has 0 aliphatic heterocycles. The van der Waals surface area contributed by atoms with E-state index in [1.54, 1.807) is 32.1 Å². The number of benzene rings is 1. The highest BCUT2D eigenvalue weighted by Crippen LogP contribution is 2.49. The van der Waals surface area contributed by atoms with E-state index in [1.165, 1.54) is 88.4 Å². The van der Waals surface area contributed by atoms with Gasteiger partial charge >= 0.3 is 13.8 Å². The smallest absolute Gasteiger partial charge is 0.422 e. The van der Waals surface area contributed by atoms with Gasteiger partial charge in [-0.15, -0.1) is 0 Å². The predicted octanol–water partition coefficient (Wildman–Crippen LogP) is 10.9. The van der Waals surface area contributed by atoms with Crippen LogP contribution in [0, 0.1) is 0 Å². The first-order valence-electron chi connectivity index (χ1n) is 18.3. The minimum Gasteiger partial charge on any atom is -0.487 e. The van der Waals surface area contributed by atoms with Crippen LogP contribution in [0.15, 0.2) is 54.5 Å². The Morgan fingerprint density at radius 2 is 1.40 bits per heavy atom. The van der Waals surface area contributed by atoms with Crippen LogP contribution in [0.5, 0.6) is 11.5 Å². The van der Waals surface area contributed by atoms with Gasteiger partial charge in [0.1, 0.15) is 18.1 Å². The van der Waals surface area contributed by atoms with Gasteiger partial charge in [0.15, 0.2) is 6.61 Å². The molecule has 1 amide bonds. The van der Waals surface area contributed by atoms with E-state index in [1.807, 2.05) is 12.1 Å². The Kier molecular flexibility index (Phi) is 21.8. The van der Waals surface area contributed by atoms with Gasteiger partial charge in [-0.2, -0.15) is 13.2 Å². The lowest BCUT2D eigenvalue weighted by Crippen LogP contribution is -2.34. The second-order valence-corrected chi connectivity index (χ2v) is 14.3. The summed E-state index contributed by atoms with van der Waals surface area (Å²) in [6.07, 6.45) is 15.5. The van der Waals surface area contributed by atoms with Gasteiger partial charge in [-0.25, -0.2) is 0 Å². The first-order valence-corrected chi connectivity index (χ1v) is 19.9. The summed E-state index contributed by atoms with van der Waals surface area (Å²) in [7, 11) is -3.46. The first-order chi connectivity index (χ1) is 24.1. The third-order valence-electron chi connectivity index (χ3n) is 7.93. The Bertz CT molecular complexity index is 1270. The van der Waals surface area contributed by atoms with Crippen molar-refractivity contribution in [2.75, 3.05) is 19.8 Å². The summed E-state index contributed by atoms with van der Waals surface area (Å²) in [5, 5.41) is 3.07. The number of hydrogen-bond donors (Lipinski definition) is 1. The van der Waals surface area contributed by atoms with Crippen LogP contribution in [0.25, 0.3) is 0 Å². The number of pyridine rings is 1. The molecule has 0 radical (unpaired) electrons. The van der Waals surface area contributed by atoms with E-state index in [0.717, 1.165) is 24.8 Å². The number of aromatic nitrogens is 1. The van der Waals surface area contributed by atoms with Crippen molar-refractivity contribution in [2.24, 2.45) is 0 Å². The number of nitrogens with zero attached hydrogens (tertiary/aromatic N) is 1. The Balaban J connectivity index is 1.87. The van der Waals surface area contributed by atoms with Gasteiger partial charge in [-0.05, 0) is 50.5 Å². The highest BCUT2D eigenvalue weighted by molar-refractivity contribution is 7.57. The Morgan fingerprint density at radius 3 is 1.96 bits per heavy atom. The van der Waals surface area contributed by atoms with Gasteiger partial charge in [0.25, 0.3) is 0 Å². The van der Waals surface area contributed by atoms with Crippen molar-refractivity contribution in [3.05, 3.63) is 65.7 Å². The van der Waals surface area contributed by atoms with Crippen LogP contribution in [0.1, 0.15) is 122 Å². The second-order valence-electron chi connectivity index (χ2n) is 12.4.